The van der Waals surface area contributed by atoms with Crippen molar-refractivity contribution >= 4 is 5.97 Å². The van der Waals surface area contributed by atoms with E-state index in [0.717, 1.165) is 18.4 Å². The van der Waals surface area contributed by atoms with E-state index >= 15 is 0 Å². The van der Waals surface area contributed by atoms with Crippen LogP contribution in [0.4, 0.5) is 26.3 Å². The molecule has 1 aliphatic carbocycles. The molecule has 3 atom stereocenters. The number of rotatable bonds is 3. The van der Waals surface area contributed by atoms with Gasteiger partial charge in [-0.15, -0.1) is 0 Å². The molecular formula is C17H10F6O4. The lowest BCUT2D eigenvalue weighted by Crippen LogP contribution is -2.65. The third kappa shape index (κ3) is 1.96. The first-order chi connectivity index (χ1) is 12.6. The predicted octanol–water partition coefficient (Wildman–Crippen LogP) is 4.22. The predicted molar refractivity (Wildman–Crippen MR) is 75.4 cm³/mol. The molecule has 0 spiro atoms. The van der Waals surface area contributed by atoms with Gasteiger partial charge in [0.15, 0.2) is 0 Å². The summed E-state index contributed by atoms with van der Waals surface area (Å²) in [5.74, 6) is -21.2. The number of carbonyl (C=O) groups is 1. The summed E-state index contributed by atoms with van der Waals surface area (Å²) >= 11 is 0. The Kier molecular flexibility index (Phi) is 3.50. The van der Waals surface area contributed by atoms with Crippen molar-refractivity contribution in [1.82, 2.24) is 0 Å². The fourth-order valence-electron chi connectivity index (χ4n) is 3.47. The SMILES string of the molecule is O=C(OC1OC2(c3ccco3)C1C(F)(F)C(F)(F)C2(F)F)c1ccccc1. The molecule has 2 aliphatic rings. The van der Waals surface area contributed by atoms with Crippen LogP contribution in [0.3, 0.4) is 0 Å². The molecule has 2 aromatic rings. The first-order valence-electron chi connectivity index (χ1n) is 7.68. The molecule has 1 aromatic carbocycles. The molecule has 10 heteroatoms. The summed E-state index contributed by atoms with van der Waals surface area (Å²) in [6.07, 6.45) is -1.45. The van der Waals surface area contributed by atoms with Crippen LogP contribution in [0.15, 0.2) is 53.1 Å². The number of furan rings is 1. The lowest BCUT2D eigenvalue weighted by Gasteiger charge is -2.49. The number of fused-ring (bicyclic) bond motifs is 1. The van der Waals surface area contributed by atoms with Gasteiger partial charge in [-0.1, -0.05) is 18.2 Å². The number of alkyl halides is 6. The van der Waals surface area contributed by atoms with Gasteiger partial charge >= 0.3 is 23.7 Å². The second kappa shape index (κ2) is 5.28. The number of hydrogen-bond donors (Lipinski definition) is 0. The second-order valence-corrected chi connectivity index (χ2v) is 6.22. The standard InChI is InChI=1S/C17H10F6O4/c18-15(19)11-13(26-12(24)9-5-2-1-3-6-9)27-14(11,10-7-4-8-25-10)16(20,21)17(15,22)23/h1-8,11,13H. The maximum Gasteiger partial charge on any atom is 0.376 e. The summed E-state index contributed by atoms with van der Waals surface area (Å²) in [5, 5.41) is 0. The number of hydrogen-bond acceptors (Lipinski definition) is 4. The average Bonchev–Trinajstić information content (AvgIpc) is 3.13. The minimum atomic E-state index is -5.74. The third-order valence-corrected chi connectivity index (χ3v) is 4.80. The smallest absolute Gasteiger partial charge is 0.376 e. The Morgan fingerprint density at radius 1 is 0.926 bits per heavy atom. The van der Waals surface area contributed by atoms with Gasteiger partial charge in [0.05, 0.1) is 11.8 Å². The minimum absolute atomic E-state index is 0.0866. The van der Waals surface area contributed by atoms with Crippen molar-refractivity contribution < 1.29 is 45.0 Å². The fourth-order valence-corrected chi connectivity index (χ4v) is 3.47. The Labute approximate surface area is 147 Å². The molecule has 0 radical (unpaired) electrons. The molecule has 0 amide bonds. The molecule has 1 aromatic heterocycles. The second-order valence-electron chi connectivity index (χ2n) is 6.22. The molecule has 2 heterocycles. The first kappa shape index (κ1) is 17.9. The zero-order chi connectivity index (χ0) is 19.7. The van der Waals surface area contributed by atoms with E-state index in [1.807, 2.05) is 0 Å². The van der Waals surface area contributed by atoms with Crippen LogP contribution in [0.5, 0.6) is 0 Å². The normalized spacial score (nSPS) is 32.4. The minimum Gasteiger partial charge on any atom is -0.466 e. The molecule has 1 aliphatic heterocycles. The van der Waals surface area contributed by atoms with Crippen LogP contribution in [-0.4, -0.2) is 30.0 Å². The highest BCUT2D eigenvalue weighted by molar-refractivity contribution is 5.89. The Balaban J connectivity index is 1.73. The highest BCUT2D eigenvalue weighted by Gasteiger charge is 2.98. The van der Waals surface area contributed by atoms with Crippen molar-refractivity contribution in [3.8, 4) is 0 Å². The summed E-state index contributed by atoms with van der Waals surface area (Å²) in [4.78, 5) is 12.0. The molecule has 4 nitrogen and oxygen atoms in total. The van der Waals surface area contributed by atoms with Crippen molar-refractivity contribution in [3.05, 3.63) is 60.1 Å². The Bertz CT molecular complexity index is 867. The van der Waals surface area contributed by atoms with Crippen molar-refractivity contribution in [1.29, 1.82) is 0 Å². The Morgan fingerprint density at radius 2 is 1.59 bits per heavy atom. The third-order valence-electron chi connectivity index (χ3n) is 4.80. The van der Waals surface area contributed by atoms with E-state index in [-0.39, 0.29) is 5.56 Å². The zero-order valence-electron chi connectivity index (χ0n) is 13.2. The van der Waals surface area contributed by atoms with Gasteiger partial charge in [-0.25, -0.2) is 4.79 Å². The molecular weight excluding hydrogens is 382 g/mol. The van der Waals surface area contributed by atoms with Crippen molar-refractivity contribution in [3.63, 3.8) is 0 Å². The van der Waals surface area contributed by atoms with Gasteiger partial charge in [0.25, 0.3) is 0 Å². The molecule has 1 saturated heterocycles. The monoisotopic (exact) mass is 392 g/mol. The van der Waals surface area contributed by atoms with Gasteiger partial charge in [0.2, 0.25) is 11.9 Å². The van der Waals surface area contributed by atoms with Crippen molar-refractivity contribution in [2.75, 3.05) is 0 Å². The van der Waals surface area contributed by atoms with Crippen LogP contribution in [0.25, 0.3) is 0 Å². The maximum atomic E-state index is 14.4. The molecule has 27 heavy (non-hydrogen) atoms. The Hall–Kier alpha value is -2.49. The summed E-state index contributed by atoms with van der Waals surface area (Å²) in [5.41, 5.74) is -3.54. The molecule has 3 unspecified atom stereocenters. The summed E-state index contributed by atoms with van der Waals surface area (Å²) < 4.78 is 99.4. The van der Waals surface area contributed by atoms with Crippen LogP contribution in [-0.2, 0) is 15.1 Å². The van der Waals surface area contributed by atoms with Crippen LogP contribution in [0, 0.1) is 5.92 Å². The number of ether oxygens (including phenoxy) is 2. The molecule has 0 N–H and O–H groups in total. The highest BCUT2D eigenvalue weighted by atomic mass is 19.3. The molecule has 0 bridgehead atoms. The van der Waals surface area contributed by atoms with Crippen molar-refractivity contribution in [2.24, 2.45) is 5.92 Å². The van der Waals surface area contributed by atoms with E-state index in [1.165, 1.54) is 24.3 Å². The molecule has 1 saturated carbocycles. The lowest BCUT2D eigenvalue weighted by molar-refractivity contribution is -0.404. The van der Waals surface area contributed by atoms with Gasteiger partial charge in [-0.3, -0.25) is 0 Å². The zero-order valence-corrected chi connectivity index (χ0v) is 13.2. The van der Waals surface area contributed by atoms with E-state index in [1.54, 1.807) is 6.07 Å². The first-order valence-corrected chi connectivity index (χ1v) is 7.68. The fraction of sp³-hybridized carbons (Fsp3) is 0.353. The van der Waals surface area contributed by atoms with E-state index in [2.05, 4.69) is 4.74 Å². The highest BCUT2D eigenvalue weighted by Crippen LogP contribution is 2.74. The number of benzene rings is 1. The van der Waals surface area contributed by atoms with Crippen LogP contribution < -0.4 is 0 Å². The average molecular weight is 392 g/mol. The van der Waals surface area contributed by atoms with Gasteiger partial charge in [0.1, 0.15) is 11.7 Å². The summed E-state index contributed by atoms with van der Waals surface area (Å²) in [6.45, 7) is 0. The summed E-state index contributed by atoms with van der Waals surface area (Å²) in [7, 11) is 0. The van der Waals surface area contributed by atoms with Gasteiger partial charge < -0.3 is 13.9 Å². The van der Waals surface area contributed by atoms with E-state index in [4.69, 9.17) is 9.15 Å². The van der Waals surface area contributed by atoms with Crippen LogP contribution >= 0.6 is 0 Å². The molecule has 4 rings (SSSR count). The molecule has 144 valence electrons. The number of halogens is 6. The van der Waals surface area contributed by atoms with Gasteiger partial charge in [0, 0.05) is 0 Å². The lowest BCUT2D eigenvalue weighted by atomic mass is 9.79. The topological polar surface area (TPSA) is 48.7 Å². The van der Waals surface area contributed by atoms with E-state index < -0.39 is 47.3 Å². The van der Waals surface area contributed by atoms with Gasteiger partial charge in [-0.2, -0.15) is 26.3 Å². The number of esters is 1. The van der Waals surface area contributed by atoms with E-state index in [0.29, 0.717) is 0 Å². The van der Waals surface area contributed by atoms with Gasteiger partial charge in [-0.05, 0) is 24.3 Å². The van der Waals surface area contributed by atoms with Crippen LogP contribution in [0.2, 0.25) is 0 Å². The maximum absolute atomic E-state index is 14.4. The summed E-state index contributed by atoms with van der Waals surface area (Å²) in [6, 6.07) is 8.89. The number of carbonyl (C=O) groups excluding carboxylic acids is 1. The largest absolute Gasteiger partial charge is 0.466 e. The van der Waals surface area contributed by atoms with E-state index in [9.17, 15) is 31.1 Å². The molecule has 2 fully saturated rings. The quantitative estimate of drug-likeness (QED) is 0.580. The Morgan fingerprint density at radius 3 is 2.19 bits per heavy atom. The van der Waals surface area contributed by atoms with Crippen LogP contribution in [0.1, 0.15) is 16.1 Å². The van der Waals surface area contributed by atoms with Crippen molar-refractivity contribution in [2.45, 2.75) is 29.7 Å².